The second-order valence-corrected chi connectivity index (χ2v) is 5.62. The Labute approximate surface area is 147 Å². The highest BCUT2D eigenvalue weighted by Crippen LogP contribution is 2.34. The summed E-state index contributed by atoms with van der Waals surface area (Å²) in [6.07, 6.45) is 0.265. The van der Waals surface area contributed by atoms with Crippen molar-refractivity contribution in [3.05, 3.63) is 78.6 Å². The summed E-state index contributed by atoms with van der Waals surface area (Å²) < 4.78 is 43.7. The third kappa shape index (κ3) is 3.74. The zero-order valence-corrected chi connectivity index (χ0v) is 13.6. The van der Waals surface area contributed by atoms with E-state index in [0.717, 1.165) is 23.1 Å². The zero-order chi connectivity index (χ0) is 18.7. The summed E-state index contributed by atoms with van der Waals surface area (Å²) in [5.74, 6) is 0.611. The van der Waals surface area contributed by atoms with Crippen LogP contribution in [0.2, 0.25) is 0 Å². The lowest BCUT2D eigenvalue weighted by Crippen LogP contribution is -2.04. The minimum absolute atomic E-state index is 0.112. The van der Waals surface area contributed by atoms with Gasteiger partial charge in [-0.1, -0.05) is 12.6 Å². The lowest BCUT2D eigenvalue weighted by atomic mass is 10.0. The fourth-order valence-electron chi connectivity index (χ4n) is 2.57. The fraction of sp³-hybridized carbons (Fsp3) is 0.100. The number of hydrogen-bond donors (Lipinski definition) is 0. The van der Waals surface area contributed by atoms with E-state index in [9.17, 15) is 18.0 Å². The van der Waals surface area contributed by atoms with E-state index in [-0.39, 0.29) is 18.0 Å². The summed E-state index contributed by atoms with van der Waals surface area (Å²) in [5.41, 5.74) is 0.0572. The van der Waals surface area contributed by atoms with Crippen LogP contribution in [0.5, 0.6) is 11.5 Å². The second-order valence-electron chi connectivity index (χ2n) is 5.62. The molecule has 0 aliphatic rings. The molecule has 0 N–H and O–H groups in total. The van der Waals surface area contributed by atoms with Crippen LogP contribution >= 0.6 is 0 Å². The predicted molar refractivity (Wildman–Crippen MR) is 92.2 cm³/mol. The molecule has 3 rings (SSSR count). The van der Waals surface area contributed by atoms with Crippen LogP contribution in [0, 0.1) is 0 Å². The first-order valence-electron chi connectivity index (χ1n) is 7.74. The van der Waals surface area contributed by atoms with Crippen molar-refractivity contribution in [2.45, 2.75) is 12.6 Å². The molecule has 0 unspecified atom stereocenters. The number of alkyl halides is 3. The van der Waals surface area contributed by atoms with E-state index < -0.39 is 11.7 Å². The van der Waals surface area contributed by atoms with Crippen LogP contribution in [0.15, 0.2) is 67.5 Å². The molecule has 0 bridgehead atoms. The molecule has 3 nitrogen and oxygen atoms in total. The first-order valence-corrected chi connectivity index (χ1v) is 7.74. The standard InChI is InChI=1S/C20H14F3NO2/c1-2-15(25)11-13-3-8-19(18-12-24-10-9-17(13)18)26-16-6-4-14(5-7-16)20(21,22)23/h2-10,12H,1,11H2. The Balaban J connectivity index is 1.95. The third-order valence-corrected chi connectivity index (χ3v) is 3.87. The SMILES string of the molecule is C=CC(=O)Cc1ccc(Oc2ccc(C(F)(F)F)cc2)c2cnccc12. The van der Waals surface area contributed by atoms with Gasteiger partial charge in [0, 0.05) is 24.2 Å². The first-order chi connectivity index (χ1) is 12.4. The monoisotopic (exact) mass is 357 g/mol. The highest BCUT2D eigenvalue weighted by molar-refractivity contribution is 5.97. The van der Waals surface area contributed by atoms with Gasteiger partial charge in [-0.05, 0) is 53.4 Å². The van der Waals surface area contributed by atoms with Gasteiger partial charge in [0.25, 0.3) is 0 Å². The van der Waals surface area contributed by atoms with Gasteiger partial charge in [-0.25, -0.2) is 0 Å². The van der Waals surface area contributed by atoms with Crippen LogP contribution in [-0.2, 0) is 17.4 Å². The Morgan fingerprint density at radius 2 is 1.81 bits per heavy atom. The van der Waals surface area contributed by atoms with Crippen molar-refractivity contribution in [1.29, 1.82) is 0 Å². The Morgan fingerprint density at radius 1 is 1.08 bits per heavy atom. The predicted octanol–water partition coefficient (Wildman–Crippen LogP) is 5.34. The van der Waals surface area contributed by atoms with Crippen molar-refractivity contribution < 1.29 is 22.7 Å². The number of benzene rings is 2. The molecule has 3 aromatic rings. The van der Waals surface area contributed by atoms with E-state index in [0.29, 0.717) is 11.1 Å². The van der Waals surface area contributed by atoms with E-state index in [4.69, 9.17) is 4.74 Å². The van der Waals surface area contributed by atoms with Crippen LogP contribution in [0.25, 0.3) is 10.8 Å². The quantitative estimate of drug-likeness (QED) is 0.578. The summed E-state index contributed by atoms with van der Waals surface area (Å²) >= 11 is 0. The number of fused-ring (bicyclic) bond motifs is 1. The molecule has 0 saturated carbocycles. The van der Waals surface area contributed by atoms with Gasteiger partial charge in [-0.3, -0.25) is 9.78 Å². The molecule has 0 fully saturated rings. The van der Waals surface area contributed by atoms with E-state index in [1.54, 1.807) is 30.6 Å². The molecule has 1 aromatic heterocycles. The molecule has 0 aliphatic heterocycles. The Kier molecular flexibility index (Phi) is 4.75. The van der Waals surface area contributed by atoms with Gasteiger partial charge >= 0.3 is 6.18 Å². The van der Waals surface area contributed by atoms with Gasteiger partial charge in [0.2, 0.25) is 0 Å². The van der Waals surface area contributed by atoms with Crippen molar-refractivity contribution in [3.8, 4) is 11.5 Å². The average Bonchev–Trinajstić information content (AvgIpc) is 2.63. The summed E-state index contributed by atoms with van der Waals surface area (Å²) in [6, 6.07) is 9.65. The van der Waals surface area contributed by atoms with Gasteiger partial charge in [-0.15, -0.1) is 0 Å². The minimum atomic E-state index is -4.39. The third-order valence-electron chi connectivity index (χ3n) is 3.87. The van der Waals surface area contributed by atoms with Crippen molar-refractivity contribution in [2.75, 3.05) is 0 Å². The molecule has 6 heteroatoms. The lowest BCUT2D eigenvalue weighted by molar-refractivity contribution is -0.137. The van der Waals surface area contributed by atoms with Crippen LogP contribution in [0.3, 0.4) is 0 Å². The summed E-state index contributed by atoms with van der Waals surface area (Å²) in [5, 5.41) is 1.46. The molecular weight excluding hydrogens is 343 g/mol. The Hall–Kier alpha value is -3.15. The van der Waals surface area contributed by atoms with Crippen molar-refractivity contribution in [3.63, 3.8) is 0 Å². The van der Waals surface area contributed by atoms with E-state index >= 15 is 0 Å². The number of hydrogen-bond acceptors (Lipinski definition) is 3. The molecular formula is C20H14F3NO2. The summed E-state index contributed by atoms with van der Waals surface area (Å²) in [4.78, 5) is 15.7. The number of carbonyl (C=O) groups excluding carboxylic acids is 1. The minimum Gasteiger partial charge on any atom is -0.457 e. The van der Waals surface area contributed by atoms with E-state index in [1.165, 1.54) is 18.2 Å². The number of pyridine rings is 1. The second kappa shape index (κ2) is 7.00. The number of halogens is 3. The van der Waals surface area contributed by atoms with Crippen LogP contribution < -0.4 is 4.74 Å². The number of ether oxygens (including phenoxy) is 1. The van der Waals surface area contributed by atoms with Crippen molar-refractivity contribution in [2.24, 2.45) is 0 Å². The molecule has 0 saturated heterocycles. The van der Waals surface area contributed by atoms with Gasteiger partial charge in [0.05, 0.1) is 5.56 Å². The van der Waals surface area contributed by atoms with Gasteiger partial charge < -0.3 is 4.74 Å². The number of ketones is 1. The van der Waals surface area contributed by atoms with Crippen LogP contribution in [-0.4, -0.2) is 10.8 Å². The van der Waals surface area contributed by atoms with Gasteiger partial charge in [0.15, 0.2) is 5.78 Å². The maximum atomic E-state index is 12.6. The number of carbonyl (C=O) groups is 1. The smallest absolute Gasteiger partial charge is 0.416 e. The van der Waals surface area contributed by atoms with E-state index in [1.807, 2.05) is 0 Å². The number of allylic oxidation sites excluding steroid dienone is 1. The lowest BCUT2D eigenvalue weighted by Gasteiger charge is -2.12. The molecule has 1 heterocycles. The normalized spacial score (nSPS) is 11.3. The number of nitrogens with zero attached hydrogens (tertiary/aromatic N) is 1. The molecule has 0 aliphatic carbocycles. The summed E-state index contributed by atoms with van der Waals surface area (Å²) in [6.45, 7) is 3.47. The highest BCUT2D eigenvalue weighted by atomic mass is 19.4. The molecule has 0 radical (unpaired) electrons. The number of aromatic nitrogens is 1. The largest absolute Gasteiger partial charge is 0.457 e. The number of rotatable bonds is 5. The maximum Gasteiger partial charge on any atom is 0.416 e. The molecule has 2 aromatic carbocycles. The highest BCUT2D eigenvalue weighted by Gasteiger charge is 2.30. The fourth-order valence-corrected chi connectivity index (χ4v) is 2.57. The van der Waals surface area contributed by atoms with Crippen LogP contribution in [0.1, 0.15) is 11.1 Å². The van der Waals surface area contributed by atoms with Crippen LogP contribution in [0.4, 0.5) is 13.2 Å². The van der Waals surface area contributed by atoms with E-state index in [2.05, 4.69) is 11.6 Å². The average molecular weight is 357 g/mol. The summed E-state index contributed by atoms with van der Waals surface area (Å²) in [7, 11) is 0. The Bertz CT molecular complexity index is 963. The zero-order valence-electron chi connectivity index (χ0n) is 13.6. The molecule has 0 spiro atoms. The molecule has 132 valence electrons. The topological polar surface area (TPSA) is 39.2 Å². The maximum absolute atomic E-state index is 12.6. The van der Waals surface area contributed by atoms with Crippen molar-refractivity contribution >= 4 is 16.6 Å². The first kappa shape index (κ1) is 17.7. The molecule has 0 amide bonds. The molecule has 26 heavy (non-hydrogen) atoms. The van der Waals surface area contributed by atoms with Gasteiger partial charge in [-0.2, -0.15) is 13.2 Å². The van der Waals surface area contributed by atoms with Gasteiger partial charge in [0.1, 0.15) is 11.5 Å². The van der Waals surface area contributed by atoms with Crippen molar-refractivity contribution in [1.82, 2.24) is 4.98 Å². The molecule has 0 atom stereocenters. The Morgan fingerprint density at radius 3 is 2.46 bits per heavy atom.